The molecule has 1 aliphatic rings. The van der Waals surface area contributed by atoms with E-state index >= 15 is 0 Å². The van der Waals surface area contributed by atoms with Crippen LogP contribution >= 0.6 is 11.8 Å². The number of ether oxygens (including phenoxy) is 1. The first-order chi connectivity index (χ1) is 5.14. The van der Waals surface area contributed by atoms with Crippen LogP contribution in [0.25, 0.3) is 0 Å². The Labute approximate surface area is 73.9 Å². The summed E-state index contributed by atoms with van der Waals surface area (Å²) in [6, 6.07) is 0. The quantitative estimate of drug-likeness (QED) is 0.636. The van der Waals surface area contributed by atoms with E-state index in [4.69, 9.17) is 4.74 Å². The third kappa shape index (κ3) is 3.04. The molecule has 1 fully saturated rings. The molecule has 0 saturated carbocycles. The average molecular weight is 174 g/mol. The maximum atomic E-state index is 5.62. The van der Waals surface area contributed by atoms with Crippen molar-refractivity contribution in [3.63, 3.8) is 0 Å². The van der Waals surface area contributed by atoms with E-state index in [2.05, 4.69) is 20.8 Å². The summed E-state index contributed by atoms with van der Waals surface area (Å²) >= 11 is 1.99. The van der Waals surface area contributed by atoms with Crippen LogP contribution in [0.5, 0.6) is 0 Å². The second kappa shape index (κ2) is 3.81. The molecular weight excluding hydrogens is 156 g/mol. The highest BCUT2D eigenvalue weighted by molar-refractivity contribution is 8.01. The Hall–Kier alpha value is 0.310. The molecule has 0 aliphatic carbocycles. The van der Waals surface area contributed by atoms with Crippen molar-refractivity contribution in [3.05, 3.63) is 0 Å². The van der Waals surface area contributed by atoms with Gasteiger partial charge in [0.2, 0.25) is 0 Å². The van der Waals surface area contributed by atoms with Gasteiger partial charge in [-0.1, -0.05) is 27.2 Å². The molecule has 11 heavy (non-hydrogen) atoms. The van der Waals surface area contributed by atoms with Gasteiger partial charge in [-0.25, -0.2) is 0 Å². The Bertz CT molecular complexity index is 121. The van der Waals surface area contributed by atoms with Crippen molar-refractivity contribution in [2.45, 2.75) is 50.2 Å². The first-order valence-electron chi connectivity index (χ1n) is 4.43. The van der Waals surface area contributed by atoms with Crippen molar-refractivity contribution in [3.8, 4) is 0 Å². The van der Waals surface area contributed by atoms with Gasteiger partial charge in [-0.2, -0.15) is 0 Å². The standard InChI is InChI=1S/C9H18OS/c1-4-5-8-10-7-6-9(2,3)11-8/h8H,4-7H2,1-3H3. The zero-order valence-electron chi connectivity index (χ0n) is 7.72. The second-order valence-electron chi connectivity index (χ2n) is 3.72. The fourth-order valence-electron chi connectivity index (χ4n) is 1.26. The predicted octanol–water partition coefficient (Wildman–Crippen LogP) is 3.04. The molecule has 66 valence electrons. The Morgan fingerprint density at radius 2 is 2.27 bits per heavy atom. The summed E-state index contributed by atoms with van der Waals surface area (Å²) in [5.74, 6) is 0. The van der Waals surface area contributed by atoms with Crippen LogP contribution in [0.2, 0.25) is 0 Å². The molecule has 0 aromatic carbocycles. The number of rotatable bonds is 2. The van der Waals surface area contributed by atoms with Crippen molar-refractivity contribution < 1.29 is 4.74 Å². The minimum Gasteiger partial charge on any atom is -0.368 e. The minimum atomic E-state index is 0.443. The summed E-state index contributed by atoms with van der Waals surface area (Å²) in [6.45, 7) is 7.78. The largest absolute Gasteiger partial charge is 0.368 e. The van der Waals surface area contributed by atoms with Gasteiger partial charge in [-0.3, -0.25) is 0 Å². The van der Waals surface area contributed by atoms with Crippen LogP contribution < -0.4 is 0 Å². The zero-order valence-corrected chi connectivity index (χ0v) is 8.54. The lowest BCUT2D eigenvalue weighted by Crippen LogP contribution is -2.29. The summed E-state index contributed by atoms with van der Waals surface area (Å²) in [7, 11) is 0. The van der Waals surface area contributed by atoms with Crippen molar-refractivity contribution in [1.29, 1.82) is 0 Å². The molecule has 0 bridgehead atoms. The zero-order chi connectivity index (χ0) is 8.32. The molecule has 0 aromatic heterocycles. The summed E-state index contributed by atoms with van der Waals surface area (Å²) in [5, 5.41) is 0. The molecule has 1 unspecified atom stereocenters. The molecular formula is C9H18OS. The van der Waals surface area contributed by atoms with Gasteiger partial charge in [0.25, 0.3) is 0 Å². The van der Waals surface area contributed by atoms with E-state index in [1.165, 1.54) is 19.3 Å². The smallest absolute Gasteiger partial charge is 0.103 e. The summed E-state index contributed by atoms with van der Waals surface area (Å²) < 4.78 is 6.06. The van der Waals surface area contributed by atoms with Gasteiger partial charge in [0.1, 0.15) is 5.44 Å². The van der Waals surface area contributed by atoms with Gasteiger partial charge in [0, 0.05) is 11.4 Å². The summed E-state index contributed by atoms with van der Waals surface area (Å²) in [5.41, 5.74) is 0.462. The highest BCUT2D eigenvalue weighted by atomic mass is 32.2. The first kappa shape index (κ1) is 9.40. The average Bonchev–Trinajstić information content (AvgIpc) is 1.85. The molecule has 2 heteroatoms. The van der Waals surface area contributed by atoms with Crippen molar-refractivity contribution in [2.24, 2.45) is 0 Å². The minimum absolute atomic E-state index is 0.443. The number of thioether (sulfide) groups is 1. The molecule has 0 aromatic rings. The lowest BCUT2D eigenvalue weighted by Gasteiger charge is -2.34. The molecule has 1 heterocycles. The fourth-order valence-corrected chi connectivity index (χ4v) is 2.69. The maximum Gasteiger partial charge on any atom is 0.103 e. The molecule has 1 nitrogen and oxygen atoms in total. The Balaban J connectivity index is 2.34. The van der Waals surface area contributed by atoms with E-state index in [0.717, 1.165) is 6.61 Å². The maximum absolute atomic E-state index is 5.62. The monoisotopic (exact) mass is 174 g/mol. The SMILES string of the molecule is CCCC1OCCC(C)(C)S1. The van der Waals surface area contributed by atoms with Crippen LogP contribution in [-0.4, -0.2) is 16.8 Å². The van der Waals surface area contributed by atoms with E-state index in [1.807, 2.05) is 11.8 Å². The molecule has 1 atom stereocenters. The van der Waals surface area contributed by atoms with Crippen LogP contribution in [-0.2, 0) is 4.74 Å². The van der Waals surface area contributed by atoms with Crippen LogP contribution in [0.3, 0.4) is 0 Å². The Kier molecular flexibility index (Phi) is 3.26. The summed E-state index contributed by atoms with van der Waals surface area (Å²) in [4.78, 5) is 0. The Morgan fingerprint density at radius 1 is 1.55 bits per heavy atom. The predicted molar refractivity (Wildman–Crippen MR) is 50.9 cm³/mol. The fraction of sp³-hybridized carbons (Fsp3) is 1.00. The Morgan fingerprint density at radius 3 is 2.82 bits per heavy atom. The third-order valence-corrected chi connectivity index (χ3v) is 3.46. The van der Waals surface area contributed by atoms with Crippen molar-refractivity contribution in [2.75, 3.05) is 6.61 Å². The molecule has 0 spiro atoms. The topological polar surface area (TPSA) is 9.23 Å². The van der Waals surface area contributed by atoms with E-state index < -0.39 is 0 Å². The van der Waals surface area contributed by atoms with Crippen molar-refractivity contribution >= 4 is 11.8 Å². The molecule has 1 aliphatic heterocycles. The van der Waals surface area contributed by atoms with Crippen LogP contribution in [0.1, 0.15) is 40.0 Å². The lowest BCUT2D eigenvalue weighted by atomic mass is 10.1. The van der Waals surface area contributed by atoms with Gasteiger partial charge in [0.05, 0.1) is 0 Å². The van der Waals surface area contributed by atoms with E-state index in [-0.39, 0.29) is 0 Å². The van der Waals surface area contributed by atoms with Gasteiger partial charge >= 0.3 is 0 Å². The van der Waals surface area contributed by atoms with Gasteiger partial charge in [0.15, 0.2) is 0 Å². The summed E-state index contributed by atoms with van der Waals surface area (Å²) in [6.07, 6.45) is 3.62. The second-order valence-corrected chi connectivity index (χ2v) is 5.58. The van der Waals surface area contributed by atoms with E-state index in [0.29, 0.717) is 10.2 Å². The molecule has 0 N–H and O–H groups in total. The highest BCUT2D eigenvalue weighted by Crippen LogP contribution is 2.38. The van der Waals surface area contributed by atoms with Crippen LogP contribution in [0.4, 0.5) is 0 Å². The van der Waals surface area contributed by atoms with Crippen LogP contribution in [0.15, 0.2) is 0 Å². The lowest BCUT2D eigenvalue weighted by molar-refractivity contribution is 0.0868. The first-order valence-corrected chi connectivity index (χ1v) is 5.31. The number of hydrogen-bond donors (Lipinski definition) is 0. The van der Waals surface area contributed by atoms with Crippen molar-refractivity contribution in [1.82, 2.24) is 0 Å². The third-order valence-electron chi connectivity index (χ3n) is 1.98. The normalized spacial score (nSPS) is 30.3. The highest BCUT2D eigenvalue weighted by Gasteiger charge is 2.28. The van der Waals surface area contributed by atoms with Gasteiger partial charge < -0.3 is 4.74 Å². The van der Waals surface area contributed by atoms with E-state index in [1.54, 1.807) is 0 Å². The molecule has 0 amide bonds. The number of hydrogen-bond acceptors (Lipinski definition) is 2. The van der Waals surface area contributed by atoms with Gasteiger partial charge in [-0.05, 0) is 12.8 Å². The van der Waals surface area contributed by atoms with Gasteiger partial charge in [-0.15, -0.1) is 11.8 Å². The molecule has 1 rings (SSSR count). The molecule has 1 saturated heterocycles. The van der Waals surface area contributed by atoms with Crippen LogP contribution in [0, 0.1) is 0 Å². The molecule has 0 radical (unpaired) electrons. The van der Waals surface area contributed by atoms with E-state index in [9.17, 15) is 0 Å².